The van der Waals surface area contributed by atoms with Gasteiger partial charge in [-0.2, -0.15) is 0 Å². The highest BCUT2D eigenvalue weighted by atomic mass is 16.5. The third-order valence-electron chi connectivity index (χ3n) is 7.17. The van der Waals surface area contributed by atoms with E-state index in [-0.39, 0.29) is 13.0 Å². The van der Waals surface area contributed by atoms with Crippen LogP contribution in [-0.4, -0.2) is 67.7 Å². The van der Waals surface area contributed by atoms with Crippen LogP contribution in [0, 0.1) is 5.92 Å². The lowest BCUT2D eigenvalue weighted by Crippen LogP contribution is -2.54. The Bertz CT molecular complexity index is 1170. The van der Waals surface area contributed by atoms with Crippen molar-refractivity contribution in [3.8, 4) is 11.5 Å². The summed E-state index contributed by atoms with van der Waals surface area (Å²) in [5.74, 6) is -1.15. The average molecular weight is 583 g/mol. The first-order valence-corrected chi connectivity index (χ1v) is 14.4. The van der Waals surface area contributed by atoms with E-state index in [1.807, 2.05) is 42.5 Å². The number of amides is 3. The standard InChI is InChI=1S/C31H42N4O7/c1-21(36)34-27(18-29(37)38)31(40)35-26(12-10-22-7-4-3-5-8-22)30(39)33-20-24-17-25(11-13-28(24)41-2)42-16-14-23-9-6-15-32-19-23/h3-5,7-8,11,13,17,23,26-27,32H,6,9-10,12,14-16,18-20H2,1-2H3,(H,33,39)(H,34,36)(H,35,40)(H,37,38). The molecule has 0 radical (unpaired) electrons. The molecule has 11 nitrogen and oxygen atoms in total. The Morgan fingerprint density at radius 1 is 1.05 bits per heavy atom. The number of piperidine rings is 1. The number of ether oxygens (including phenoxy) is 2. The second-order valence-corrected chi connectivity index (χ2v) is 10.5. The summed E-state index contributed by atoms with van der Waals surface area (Å²) in [6.45, 7) is 3.98. The van der Waals surface area contributed by atoms with Crippen molar-refractivity contribution in [1.82, 2.24) is 21.3 Å². The summed E-state index contributed by atoms with van der Waals surface area (Å²) in [4.78, 5) is 49.2. The molecular formula is C31H42N4O7. The number of carboxylic acid groups (broad SMARTS) is 1. The van der Waals surface area contributed by atoms with Gasteiger partial charge in [0.1, 0.15) is 23.6 Å². The van der Waals surface area contributed by atoms with Crippen molar-refractivity contribution in [2.24, 2.45) is 5.92 Å². The summed E-state index contributed by atoms with van der Waals surface area (Å²) >= 11 is 0. The Morgan fingerprint density at radius 2 is 1.83 bits per heavy atom. The maximum Gasteiger partial charge on any atom is 0.305 e. The maximum atomic E-state index is 13.4. The van der Waals surface area contributed by atoms with Crippen molar-refractivity contribution in [2.75, 3.05) is 26.8 Å². The Balaban J connectivity index is 1.66. The normalized spacial score (nSPS) is 16.0. The molecule has 0 aliphatic carbocycles. The summed E-state index contributed by atoms with van der Waals surface area (Å²) in [5, 5.41) is 20.5. The average Bonchev–Trinajstić information content (AvgIpc) is 2.98. The molecule has 0 spiro atoms. The third kappa shape index (κ3) is 11.0. The summed E-state index contributed by atoms with van der Waals surface area (Å²) in [6, 6.07) is 12.7. The van der Waals surface area contributed by atoms with Crippen LogP contribution in [0.4, 0.5) is 0 Å². The number of aliphatic carboxylic acids is 1. The second kappa shape index (κ2) is 17.0. The van der Waals surface area contributed by atoms with Crippen LogP contribution in [0.3, 0.4) is 0 Å². The molecule has 0 bridgehead atoms. The van der Waals surface area contributed by atoms with Gasteiger partial charge in [0, 0.05) is 19.0 Å². The minimum absolute atomic E-state index is 0.119. The number of hydrogen-bond donors (Lipinski definition) is 5. The van der Waals surface area contributed by atoms with E-state index >= 15 is 0 Å². The van der Waals surface area contributed by atoms with Gasteiger partial charge in [-0.1, -0.05) is 30.3 Å². The molecule has 1 saturated heterocycles. The van der Waals surface area contributed by atoms with Crippen LogP contribution < -0.4 is 30.7 Å². The van der Waals surface area contributed by atoms with Crippen molar-refractivity contribution in [1.29, 1.82) is 0 Å². The van der Waals surface area contributed by atoms with Gasteiger partial charge in [0.05, 0.1) is 20.1 Å². The fourth-order valence-corrected chi connectivity index (χ4v) is 4.93. The minimum atomic E-state index is -1.31. The summed E-state index contributed by atoms with van der Waals surface area (Å²) in [7, 11) is 1.55. The van der Waals surface area contributed by atoms with Gasteiger partial charge < -0.3 is 35.8 Å². The van der Waals surface area contributed by atoms with Crippen LogP contribution in [0.25, 0.3) is 0 Å². The van der Waals surface area contributed by atoms with Gasteiger partial charge >= 0.3 is 5.97 Å². The molecule has 0 saturated carbocycles. The molecule has 42 heavy (non-hydrogen) atoms. The highest BCUT2D eigenvalue weighted by molar-refractivity contribution is 5.93. The van der Waals surface area contributed by atoms with Crippen molar-refractivity contribution in [3.63, 3.8) is 0 Å². The Labute approximate surface area is 246 Å². The molecular weight excluding hydrogens is 540 g/mol. The molecule has 3 unspecified atom stereocenters. The largest absolute Gasteiger partial charge is 0.496 e. The zero-order valence-electron chi connectivity index (χ0n) is 24.3. The van der Waals surface area contributed by atoms with E-state index in [4.69, 9.17) is 9.47 Å². The van der Waals surface area contributed by atoms with E-state index in [0.717, 1.165) is 25.1 Å². The second-order valence-electron chi connectivity index (χ2n) is 10.5. The number of nitrogens with one attached hydrogen (secondary N) is 4. The van der Waals surface area contributed by atoms with Crippen molar-refractivity contribution in [3.05, 3.63) is 59.7 Å². The van der Waals surface area contributed by atoms with Gasteiger partial charge in [-0.25, -0.2) is 0 Å². The van der Waals surface area contributed by atoms with Gasteiger partial charge in [-0.15, -0.1) is 0 Å². The molecule has 0 aromatic heterocycles. The summed E-state index contributed by atoms with van der Waals surface area (Å²) in [5.41, 5.74) is 1.68. The quantitative estimate of drug-likeness (QED) is 0.202. The first-order valence-electron chi connectivity index (χ1n) is 14.4. The summed E-state index contributed by atoms with van der Waals surface area (Å²) < 4.78 is 11.5. The number of hydrogen-bond acceptors (Lipinski definition) is 7. The van der Waals surface area contributed by atoms with Gasteiger partial charge in [-0.3, -0.25) is 19.2 Å². The number of methoxy groups -OCH3 is 1. The predicted octanol–water partition coefficient (Wildman–Crippen LogP) is 2.18. The number of rotatable bonds is 16. The number of carbonyl (C=O) groups is 4. The van der Waals surface area contributed by atoms with E-state index in [2.05, 4.69) is 21.3 Å². The zero-order valence-corrected chi connectivity index (χ0v) is 24.3. The first kappa shape index (κ1) is 32.4. The molecule has 1 fully saturated rings. The molecule has 3 rings (SSSR count). The first-order chi connectivity index (χ1) is 20.2. The van der Waals surface area contributed by atoms with Crippen LogP contribution in [0.2, 0.25) is 0 Å². The fraction of sp³-hybridized carbons (Fsp3) is 0.484. The fourth-order valence-electron chi connectivity index (χ4n) is 4.93. The Kier molecular flexibility index (Phi) is 13.1. The summed E-state index contributed by atoms with van der Waals surface area (Å²) in [6.07, 6.45) is 3.47. The lowest BCUT2D eigenvalue weighted by molar-refractivity contribution is -0.140. The molecule has 5 N–H and O–H groups in total. The Morgan fingerprint density at radius 3 is 2.50 bits per heavy atom. The molecule has 228 valence electrons. The topological polar surface area (TPSA) is 155 Å². The number of carboxylic acids is 1. The maximum absolute atomic E-state index is 13.4. The molecule has 3 amide bonds. The van der Waals surface area contributed by atoms with Crippen molar-refractivity contribution < 1.29 is 33.8 Å². The number of aryl methyl sites for hydroxylation is 1. The van der Waals surface area contributed by atoms with Crippen molar-refractivity contribution in [2.45, 2.75) is 64.1 Å². The van der Waals surface area contributed by atoms with Gasteiger partial charge in [0.2, 0.25) is 17.7 Å². The van der Waals surface area contributed by atoms with Gasteiger partial charge in [0.25, 0.3) is 0 Å². The van der Waals surface area contributed by atoms with Gasteiger partial charge in [0.15, 0.2) is 0 Å². The number of carbonyl (C=O) groups excluding carboxylic acids is 3. The van der Waals surface area contributed by atoms with E-state index in [1.165, 1.54) is 19.8 Å². The Hall–Kier alpha value is -4.12. The number of benzene rings is 2. The molecule has 11 heteroatoms. The van der Waals surface area contributed by atoms with E-state index in [1.54, 1.807) is 13.2 Å². The van der Waals surface area contributed by atoms with Crippen LogP contribution >= 0.6 is 0 Å². The molecule has 1 aliphatic rings. The van der Waals surface area contributed by atoms with Crippen LogP contribution in [0.15, 0.2) is 48.5 Å². The molecule has 1 aliphatic heterocycles. The predicted molar refractivity (Wildman–Crippen MR) is 157 cm³/mol. The molecule has 2 aromatic carbocycles. The molecule has 2 aromatic rings. The zero-order chi connectivity index (χ0) is 30.3. The lowest BCUT2D eigenvalue weighted by Gasteiger charge is -2.23. The third-order valence-corrected chi connectivity index (χ3v) is 7.17. The molecule has 3 atom stereocenters. The van der Waals surface area contributed by atoms with E-state index in [0.29, 0.717) is 36.0 Å². The van der Waals surface area contributed by atoms with E-state index < -0.39 is 42.2 Å². The van der Waals surface area contributed by atoms with Crippen molar-refractivity contribution >= 4 is 23.7 Å². The van der Waals surface area contributed by atoms with Crippen LogP contribution in [0.5, 0.6) is 11.5 Å². The van der Waals surface area contributed by atoms with Crippen LogP contribution in [-0.2, 0) is 32.1 Å². The molecule has 1 heterocycles. The lowest BCUT2D eigenvalue weighted by atomic mass is 9.97. The van der Waals surface area contributed by atoms with E-state index in [9.17, 15) is 24.3 Å². The SMILES string of the molecule is COc1ccc(OCCC2CCCNC2)cc1CNC(=O)C(CCc1ccccc1)NC(=O)C(CC(=O)O)NC(C)=O. The van der Waals surface area contributed by atoms with Crippen LogP contribution in [0.1, 0.15) is 50.2 Å². The monoisotopic (exact) mass is 582 g/mol. The highest BCUT2D eigenvalue weighted by Crippen LogP contribution is 2.25. The van der Waals surface area contributed by atoms with Gasteiger partial charge in [-0.05, 0) is 74.9 Å². The smallest absolute Gasteiger partial charge is 0.305 e. The highest BCUT2D eigenvalue weighted by Gasteiger charge is 2.28. The minimum Gasteiger partial charge on any atom is -0.496 e.